The maximum absolute atomic E-state index is 12.1. The summed E-state index contributed by atoms with van der Waals surface area (Å²) in [6.45, 7) is -0.215. The Kier molecular flexibility index (Phi) is 8.36. The number of carbonyl (C=O) groups excluding carboxylic acids is 2. The first-order valence-electron chi connectivity index (χ1n) is 9.63. The molecule has 0 spiro atoms. The topological polar surface area (TPSA) is 148 Å². The van der Waals surface area contributed by atoms with E-state index in [0.29, 0.717) is 27.0 Å². The molecule has 0 aliphatic heterocycles. The van der Waals surface area contributed by atoms with Crippen LogP contribution in [0, 0.1) is 4.91 Å². The minimum atomic E-state index is -0.443. The molecular formula is C22H20BrN5O5+2. The first kappa shape index (κ1) is 23.7. The molecule has 0 aliphatic carbocycles. The Labute approximate surface area is 196 Å². The first-order valence-corrected chi connectivity index (χ1v) is 10.4. The lowest BCUT2D eigenvalue weighted by atomic mass is 10.2. The average molecular weight is 514 g/mol. The lowest BCUT2D eigenvalue weighted by Gasteiger charge is -2.07. The van der Waals surface area contributed by atoms with Crippen LogP contribution in [0.5, 0.6) is 11.5 Å². The van der Waals surface area contributed by atoms with Crippen molar-refractivity contribution in [2.75, 3.05) is 6.54 Å². The van der Waals surface area contributed by atoms with Crippen molar-refractivity contribution < 1.29 is 30.1 Å². The summed E-state index contributed by atoms with van der Waals surface area (Å²) in [6, 6.07) is 18.3. The molecule has 33 heavy (non-hydrogen) atoms. The fourth-order valence-corrected chi connectivity index (χ4v) is 3.18. The number of hydrazine groups is 1. The Balaban J connectivity index is 1.55. The zero-order chi connectivity index (χ0) is 23.6. The molecule has 0 heterocycles. The number of nitrogens with two attached hydrogens (primary N) is 1. The summed E-state index contributed by atoms with van der Waals surface area (Å²) in [6.07, 6.45) is 1.53. The van der Waals surface area contributed by atoms with Gasteiger partial charge in [0.25, 0.3) is 11.8 Å². The second kappa shape index (κ2) is 11.6. The number of quaternary nitrogens is 1. The van der Waals surface area contributed by atoms with Crippen molar-refractivity contribution in [3.63, 3.8) is 0 Å². The van der Waals surface area contributed by atoms with Crippen LogP contribution in [-0.4, -0.2) is 29.8 Å². The third-order valence-corrected chi connectivity index (χ3v) is 4.99. The summed E-state index contributed by atoms with van der Waals surface area (Å²) in [5.74, 6) is -0.153. The monoisotopic (exact) mass is 513 g/mol. The molecule has 0 atom stereocenters. The van der Waals surface area contributed by atoms with Gasteiger partial charge in [-0.3, -0.25) is 9.59 Å². The van der Waals surface area contributed by atoms with Crippen LogP contribution in [0.4, 0.5) is 11.4 Å². The second-order valence-corrected chi connectivity index (χ2v) is 7.48. The van der Waals surface area contributed by atoms with Gasteiger partial charge in [0.05, 0.1) is 5.56 Å². The Morgan fingerprint density at radius 3 is 2.70 bits per heavy atom. The van der Waals surface area contributed by atoms with Gasteiger partial charge in [-0.1, -0.05) is 18.2 Å². The van der Waals surface area contributed by atoms with Gasteiger partial charge < -0.3 is 10.1 Å². The van der Waals surface area contributed by atoms with Crippen LogP contribution in [0.15, 0.2) is 76.4 Å². The van der Waals surface area contributed by atoms with Gasteiger partial charge in [0.1, 0.15) is 12.3 Å². The Morgan fingerprint density at radius 2 is 1.94 bits per heavy atom. The molecule has 6 N–H and O–H groups in total. The van der Waals surface area contributed by atoms with Crippen LogP contribution in [0.2, 0.25) is 0 Å². The van der Waals surface area contributed by atoms with Gasteiger partial charge >= 0.3 is 0 Å². The summed E-state index contributed by atoms with van der Waals surface area (Å²) >= 11 is 3.29. The molecule has 10 nitrogen and oxygen atoms in total. The molecule has 0 saturated carbocycles. The summed E-state index contributed by atoms with van der Waals surface area (Å²) in [5.41, 5.74) is 4.89. The normalized spacial score (nSPS) is 10.6. The Morgan fingerprint density at radius 1 is 1.12 bits per heavy atom. The summed E-state index contributed by atoms with van der Waals surface area (Å²) in [5, 5.41) is 17.2. The van der Waals surface area contributed by atoms with Gasteiger partial charge in [-0.25, -0.2) is 5.21 Å². The fraction of sp³-hybridized carbons (Fsp3) is 0.0455. The van der Waals surface area contributed by atoms with Crippen LogP contribution in [0.1, 0.15) is 15.9 Å². The summed E-state index contributed by atoms with van der Waals surface area (Å²) in [7, 11) is 0. The number of nitroso groups, excluding NO2 is 1. The molecule has 2 amide bonds. The van der Waals surface area contributed by atoms with E-state index in [1.807, 2.05) is 0 Å². The predicted molar refractivity (Wildman–Crippen MR) is 123 cm³/mol. The van der Waals surface area contributed by atoms with Crippen molar-refractivity contribution in [1.82, 2.24) is 10.7 Å². The largest absolute Gasteiger partial charge is 0.455 e. The van der Waals surface area contributed by atoms with Crippen molar-refractivity contribution in [3.05, 3.63) is 87.2 Å². The molecule has 0 aromatic heterocycles. The molecule has 0 aliphatic rings. The van der Waals surface area contributed by atoms with Crippen molar-refractivity contribution >= 4 is 45.3 Å². The highest BCUT2D eigenvalue weighted by atomic mass is 79.9. The Hall–Kier alpha value is -3.93. The highest BCUT2D eigenvalue weighted by Crippen LogP contribution is 2.33. The molecule has 11 heteroatoms. The minimum absolute atomic E-state index is 0.0437. The molecule has 168 valence electrons. The number of nitrogens with zero attached hydrogens (tertiary/aromatic N) is 1. The number of hydrogen-bond acceptors (Lipinski definition) is 6. The van der Waals surface area contributed by atoms with Crippen molar-refractivity contribution in [2.45, 2.75) is 0 Å². The van der Waals surface area contributed by atoms with E-state index in [-0.39, 0.29) is 23.9 Å². The van der Waals surface area contributed by atoms with E-state index in [1.54, 1.807) is 54.6 Å². The zero-order valence-electron chi connectivity index (χ0n) is 17.1. The van der Waals surface area contributed by atoms with Gasteiger partial charge in [-0.2, -0.15) is 5.48 Å². The minimum Gasteiger partial charge on any atom is -0.455 e. The van der Waals surface area contributed by atoms with E-state index in [9.17, 15) is 14.5 Å². The fourth-order valence-electron chi connectivity index (χ4n) is 2.71. The number of benzene rings is 3. The number of hydrogen-bond donors (Lipinski definition) is 5. The van der Waals surface area contributed by atoms with E-state index in [0.717, 1.165) is 5.48 Å². The van der Waals surface area contributed by atoms with E-state index in [2.05, 4.69) is 37.0 Å². The van der Waals surface area contributed by atoms with Crippen molar-refractivity contribution in [3.8, 4) is 11.5 Å². The highest BCUT2D eigenvalue weighted by Gasteiger charge is 2.12. The SMILES string of the molecule is O=Nc1cc([NH2+]O)ccc1Oc1cccc(C=[NH+]NC(=O)CNC(=O)c2ccccc2Br)c1. The molecule has 0 radical (unpaired) electrons. The van der Waals surface area contributed by atoms with Crippen LogP contribution in [0.25, 0.3) is 0 Å². The molecule has 0 fully saturated rings. The Bertz CT molecular complexity index is 1200. The number of carbonyl (C=O) groups is 2. The average Bonchev–Trinajstić information content (AvgIpc) is 2.83. The van der Waals surface area contributed by atoms with Crippen molar-refractivity contribution in [2.24, 2.45) is 5.18 Å². The number of halogens is 1. The van der Waals surface area contributed by atoms with Crippen LogP contribution in [0.3, 0.4) is 0 Å². The molecule has 3 rings (SSSR count). The predicted octanol–water partition coefficient (Wildman–Crippen LogP) is 1.18. The van der Waals surface area contributed by atoms with Crippen LogP contribution < -0.4 is 26.1 Å². The maximum Gasteiger partial charge on any atom is 0.293 e. The van der Waals surface area contributed by atoms with E-state index in [4.69, 9.17) is 9.94 Å². The first-order chi connectivity index (χ1) is 16.0. The van der Waals surface area contributed by atoms with Crippen LogP contribution in [-0.2, 0) is 4.79 Å². The van der Waals surface area contributed by atoms with Gasteiger partial charge in [0, 0.05) is 22.2 Å². The third-order valence-electron chi connectivity index (χ3n) is 4.29. The highest BCUT2D eigenvalue weighted by molar-refractivity contribution is 9.10. The number of hydrazone groups is 1. The lowest BCUT2D eigenvalue weighted by molar-refractivity contribution is -0.825. The number of amides is 2. The quantitative estimate of drug-likeness (QED) is 0.126. The smallest absolute Gasteiger partial charge is 0.293 e. The molecule has 3 aromatic rings. The van der Waals surface area contributed by atoms with Gasteiger partial charge in [0.15, 0.2) is 23.3 Å². The van der Waals surface area contributed by atoms with E-state index < -0.39 is 5.91 Å². The van der Waals surface area contributed by atoms with Crippen molar-refractivity contribution in [1.29, 1.82) is 0 Å². The molecule has 3 aromatic carbocycles. The van der Waals surface area contributed by atoms with Gasteiger partial charge in [0.2, 0.25) is 0 Å². The summed E-state index contributed by atoms with van der Waals surface area (Å²) < 4.78 is 6.34. The lowest BCUT2D eigenvalue weighted by Crippen LogP contribution is -2.82. The second-order valence-electron chi connectivity index (χ2n) is 6.62. The molecule has 0 unspecified atom stereocenters. The van der Waals surface area contributed by atoms with E-state index >= 15 is 0 Å². The van der Waals surface area contributed by atoms with E-state index in [1.165, 1.54) is 18.3 Å². The number of ether oxygens (including phenoxy) is 1. The van der Waals surface area contributed by atoms with Gasteiger partial charge in [-0.15, -0.1) is 15.4 Å². The molecule has 0 bridgehead atoms. The number of rotatable bonds is 9. The molecular weight excluding hydrogens is 494 g/mol. The molecule has 0 saturated heterocycles. The summed E-state index contributed by atoms with van der Waals surface area (Å²) in [4.78, 5) is 35.2. The van der Waals surface area contributed by atoms with Gasteiger partial charge in [-0.05, 0) is 57.5 Å². The standard InChI is InChI=1S/C22H18BrN5O5/c23-18-7-2-1-6-17(18)22(30)24-13-21(29)26-25-12-14-4-3-5-16(10-14)33-20-9-8-15(27-31)11-19(20)28-32/h1-12,27,31H,13H2,(H,24,30)(H,26,29)/p+2. The third kappa shape index (κ3) is 6.77. The number of nitrogens with one attached hydrogen (secondary N) is 3. The van der Waals surface area contributed by atoms with Crippen LogP contribution >= 0.6 is 15.9 Å². The zero-order valence-corrected chi connectivity index (χ0v) is 18.7. The maximum atomic E-state index is 12.1.